The van der Waals surface area contributed by atoms with Crippen LogP contribution in [-0.2, 0) is 6.54 Å². The fraction of sp³-hybridized carbons (Fsp3) is 0.571. The predicted molar refractivity (Wildman–Crippen MR) is 73.5 cm³/mol. The molecule has 0 spiro atoms. The largest absolute Gasteiger partial charge is 0.349 e. The summed E-state index contributed by atoms with van der Waals surface area (Å²) in [4.78, 5) is 27.4. The van der Waals surface area contributed by atoms with Gasteiger partial charge in [-0.15, -0.1) is 0 Å². The van der Waals surface area contributed by atoms with Gasteiger partial charge in [0.1, 0.15) is 0 Å². The number of nitrogens with zero attached hydrogens (tertiary/aromatic N) is 3. The van der Waals surface area contributed by atoms with Gasteiger partial charge in [-0.3, -0.25) is 4.79 Å². The first-order valence-electron chi connectivity index (χ1n) is 6.65. The van der Waals surface area contributed by atoms with E-state index < -0.39 is 0 Å². The van der Waals surface area contributed by atoms with Gasteiger partial charge >= 0.3 is 6.03 Å². The van der Waals surface area contributed by atoms with Crippen molar-refractivity contribution in [2.45, 2.75) is 27.3 Å². The molecular weight excluding hydrogens is 242 g/mol. The second-order valence-corrected chi connectivity index (χ2v) is 5.08. The number of hydrogen-bond acceptors (Lipinski definition) is 2. The average Bonchev–Trinajstić information content (AvgIpc) is 2.83. The Kier molecular flexibility index (Phi) is 3.64. The maximum absolute atomic E-state index is 12.3. The number of amides is 2. The van der Waals surface area contributed by atoms with E-state index in [9.17, 15) is 9.59 Å². The van der Waals surface area contributed by atoms with Crippen LogP contribution in [0.1, 0.15) is 28.7 Å². The van der Waals surface area contributed by atoms with Gasteiger partial charge in [-0.1, -0.05) is 0 Å². The summed E-state index contributed by atoms with van der Waals surface area (Å²) in [5.41, 5.74) is 2.82. The number of urea groups is 1. The Labute approximate surface area is 113 Å². The molecule has 1 saturated heterocycles. The third kappa shape index (κ3) is 2.37. The molecule has 0 saturated carbocycles. The molecule has 104 valence electrons. The number of aryl methyl sites for hydroxylation is 1. The van der Waals surface area contributed by atoms with Gasteiger partial charge in [0.2, 0.25) is 0 Å². The Balaban J connectivity index is 2.15. The van der Waals surface area contributed by atoms with Crippen molar-refractivity contribution in [1.29, 1.82) is 0 Å². The lowest BCUT2D eigenvalue weighted by Gasteiger charge is -2.15. The van der Waals surface area contributed by atoms with Crippen LogP contribution in [0.5, 0.6) is 0 Å². The summed E-state index contributed by atoms with van der Waals surface area (Å²) in [6.07, 6.45) is 0. The summed E-state index contributed by atoms with van der Waals surface area (Å²) < 4.78 is 2.12. The molecule has 1 aliphatic heterocycles. The summed E-state index contributed by atoms with van der Waals surface area (Å²) in [5.74, 6) is 0.0245. The molecule has 0 bridgehead atoms. The van der Waals surface area contributed by atoms with Crippen LogP contribution in [0.3, 0.4) is 0 Å². The van der Waals surface area contributed by atoms with Crippen molar-refractivity contribution in [2.24, 2.45) is 0 Å². The number of carbonyl (C=O) groups is 2. The third-order valence-corrected chi connectivity index (χ3v) is 3.83. The summed E-state index contributed by atoms with van der Waals surface area (Å²) >= 11 is 0. The summed E-state index contributed by atoms with van der Waals surface area (Å²) in [7, 11) is 1.76. The van der Waals surface area contributed by atoms with Crippen LogP contribution in [0.4, 0.5) is 4.79 Å². The van der Waals surface area contributed by atoms with Gasteiger partial charge in [0.25, 0.3) is 0 Å². The number of ketones is 1. The highest BCUT2D eigenvalue weighted by Crippen LogP contribution is 2.17. The van der Waals surface area contributed by atoms with E-state index in [-0.39, 0.29) is 18.4 Å². The minimum Gasteiger partial charge on any atom is -0.349 e. The van der Waals surface area contributed by atoms with Crippen molar-refractivity contribution in [3.8, 4) is 0 Å². The Bertz CT molecular complexity index is 519. The van der Waals surface area contributed by atoms with Gasteiger partial charge in [0, 0.05) is 43.6 Å². The highest BCUT2D eigenvalue weighted by Gasteiger charge is 2.28. The van der Waals surface area contributed by atoms with Crippen molar-refractivity contribution in [2.75, 3.05) is 26.7 Å². The first-order valence-corrected chi connectivity index (χ1v) is 6.65. The van der Waals surface area contributed by atoms with Gasteiger partial charge in [-0.25, -0.2) is 4.79 Å². The Morgan fingerprint density at radius 3 is 2.47 bits per heavy atom. The molecule has 1 aliphatic rings. The Morgan fingerprint density at radius 2 is 2.00 bits per heavy atom. The second-order valence-electron chi connectivity index (χ2n) is 5.08. The lowest BCUT2D eigenvalue weighted by atomic mass is 10.1. The highest BCUT2D eigenvalue weighted by molar-refractivity contribution is 6.00. The van der Waals surface area contributed by atoms with Gasteiger partial charge in [0.05, 0.1) is 6.54 Å². The van der Waals surface area contributed by atoms with Crippen LogP contribution < -0.4 is 0 Å². The van der Waals surface area contributed by atoms with E-state index in [0.29, 0.717) is 13.1 Å². The molecule has 2 amide bonds. The molecule has 1 aromatic rings. The topological polar surface area (TPSA) is 45.6 Å². The lowest BCUT2D eigenvalue weighted by molar-refractivity contribution is 0.0951. The maximum Gasteiger partial charge on any atom is 0.320 e. The first kappa shape index (κ1) is 13.6. The van der Waals surface area contributed by atoms with E-state index in [1.165, 1.54) is 0 Å². The van der Waals surface area contributed by atoms with Gasteiger partial charge in [-0.2, -0.15) is 0 Å². The smallest absolute Gasteiger partial charge is 0.320 e. The molecule has 5 nitrogen and oxygen atoms in total. The van der Waals surface area contributed by atoms with Gasteiger partial charge in [0.15, 0.2) is 5.78 Å². The monoisotopic (exact) mass is 263 g/mol. The fourth-order valence-corrected chi connectivity index (χ4v) is 2.68. The number of aromatic nitrogens is 1. The standard InChI is InChI=1S/C14H21N3O2/c1-5-17-10(2)8-12(11(17)3)13(18)9-16-7-6-15(4)14(16)19/h8H,5-7,9H2,1-4H3. The van der Waals surface area contributed by atoms with Crippen LogP contribution in [0.15, 0.2) is 6.07 Å². The van der Waals surface area contributed by atoms with Crippen molar-refractivity contribution in [3.05, 3.63) is 23.0 Å². The quantitative estimate of drug-likeness (QED) is 0.776. The van der Waals surface area contributed by atoms with E-state index in [2.05, 4.69) is 11.5 Å². The molecule has 0 atom stereocenters. The molecule has 0 aromatic carbocycles. The fourth-order valence-electron chi connectivity index (χ4n) is 2.68. The highest BCUT2D eigenvalue weighted by atomic mass is 16.2. The van der Waals surface area contributed by atoms with Crippen LogP contribution in [0.2, 0.25) is 0 Å². The van der Waals surface area contributed by atoms with E-state index in [4.69, 9.17) is 0 Å². The Hall–Kier alpha value is -1.78. The number of hydrogen-bond donors (Lipinski definition) is 0. The molecule has 0 radical (unpaired) electrons. The number of Topliss-reactive ketones (excluding diaryl/α,β-unsaturated/α-hetero) is 1. The lowest BCUT2D eigenvalue weighted by Crippen LogP contribution is -2.34. The zero-order chi connectivity index (χ0) is 14.2. The number of rotatable bonds is 4. The van der Waals surface area contributed by atoms with Crippen LogP contribution >= 0.6 is 0 Å². The molecular formula is C14H21N3O2. The zero-order valence-electron chi connectivity index (χ0n) is 12.1. The number of likely N-dealkylation sites (N-methyl/N-ethyl adjacent to an activating group) is 1. The molecule has 19 heavy (non-hydrogen) atoms. The Morgan fingerprint density at radius 1 is 1.32 bits per heavy atom. The second kappa shape index (κ2) is 5.07. The molecule has 1 fully saturated rings. The molecule has 2 rings (SSSR count). The van der Waals surface area contributed by atoms with E-state index in [1.807, 2.05) is 19.9 Å². The van der Waals surface area contributed by atoms with E-state index >= 15 is 0 Å². The molecule has 0 aliphatic carbocycles. The molecule has 0 unspecified atom stereocenters. The SMILES string of the molecule is CCn1c(C)cc(C(=O)CN2CCN(C)C2=O)c1C. The van der Waals surface area contributed by atoms with E-state index in [1.54, 1.807) is 16.8 Å². The number of carbonyl (C=O) groups excluding carboxylic acids is 2. The molecule has 5 heteroatoms. The van der Waals surface area contributed by atoms with Crippen LogP contribution in [-0.4, -0.2) is 52.9 Å². The zero-order valence-corrected chi connectivity index (χ0v) is 12.1. The molecule has 0 N–H and O–H groups in total. The molecule has 1 aromatic heterocycles. The summed E-state index contributed by atoms with van der Waals surface area (Å²) in [6.45, 7) is 8.39. The van der Waals surface area contributed by atoms with Crippen molar-refractivity contribution < 1.29 is 9.59 Å². The first-order chi connectivity index (χ1) is 8.95. The van der Waals surface area contributed by atoms with Crippen LogP contribution in [0, 0.1) is 13.8 Å². The summed E-state index contributed by atoms with van der Waals surface area (Å²) in [6, 6.07) is 1.86. The van der Waals surface area contributed by atoms with Crippen molar-refractivity contribution in [3.63, 3.8) is 0 Å². The van der Waals surface area contributed by atoms with Crippen molar-refractivity contribution in [1.82, 2.24) is 14.4 Å². The average molecular weight is 263 g/mol. The van der Waals surface area contributed by atoms with Gasteiger partial charge in [-0.05, 0) is 26.8 Å². The van der Waals surface area contributed by atoms with Crippen molar-refractivity contribution >= 4 is 11.8 Å². The summed E-state index contributed by atoms with van der Waals surface area (Å²) in [5, 5.41) is 0. The predicted octanol–water partition coefficient (Wildman–Crippen LogP) is 1.67. The minimum absolute atomic E-state index is 0.0245. The minimum atomic E-state index is -0.0577. The molecule has 2 heterocycles. The van der Waals surface area contributed by atoms with E-state index in [0.717, 1.165) is 23.5 Å². The van der Waals surface area contributed by atoms with Gasteiger partial charge < -0.3 is 14.4 Å². The normalized spacial score (nSPS) is 15.5. The third-order valence-electron chi connectivity index (χ3n) is 3.83. The van der Waals surface area contributed by atoms with Crippen LogP contribution in [0.25, 0.3) is 0 Å². The maximum atomic E-state index is 12.3.